The van der Waals surface area contributed by atoms with Gasteiger partial charge < -0.3 is 0 Å². The Bertz CT molecular complexity index is 191. The molecule has 12 heavy (non-hydrogen) atoms. The van der Waals surface area contributed by atoms with Crippen LogP contribution in [0.2, 0.25) is 0 Å². The Hall–Kier alpha value is 0.0500. The monoisotopic (exact) mass is 202 g/mol. The Morgan fingerprint density at radius 3 is 2.58 bits per heavy atom. The molecule has 0 aliphatic carbocycles. The summed E-state index contributed by atoms with van der Waals surface area (Å²) >= 11 is 3.71. The van der Waals surface area contributed by atoms with Gasteiger partial charge in [-0.2, -0.15) is 0 Å². The predicted octanol–water partition coefficient (Wildman–Crippen LogP) is 4.45. The van der Waals surface area contributed by atoms with Gasteiger partial charge in [0.25, 0.3) is 0 Å². The summed E-state index contributed by atoms with van der Waals surface area (Å²) in [4.78, 5) is 0. The van der Waals surface area contributed by atoms with E-state index >= 15 is 0 Å². The lowest BCUT2D eigenvalue weighted by molar-refractivity contribution is 0.912. The predicted molar refractivity (Wildman–Crippen MR) is 61.4 cm³/mol. The molecule has 0 fully saturated rings. The van der Waals surface area contributed by atoms with E-state index in [4.69, 9.17) is 0 Å². The second-order valence-corrected chi connectivity index (χ2v) is 4.18. The third-order valence-electron chi connectivity index (χ3n) is 1.41. The van der Waals surface area contributed by atoms with E-state index < -0.39 is 0 Å². The molecule has 70 valence electrons. The van der Waals surface area contributed by atoms with Gasteiger partial charge in [0.1, 0.15) is 0 Å². The van der Waals surface area contributed by atoms with E-state index in [1.807, 2.05) is 36.9 Å². The first-order chi connectivity index (χ1) is 5.88. The molecule has 1 aromatic heterocycles. The third-order valence-corrected chi connectivity index (χ3v) is 3.58. The quantitative estimate of drug-likeness (QED) is 0.653. The Morgan fingerprint density at radius 2 is 2.08 bits per heavy atom. The van der Waals surface area contributed by atoms with Crippen molar-refractivity contribution in [3.8, 4) is 0 Å². The number of thiophene rings is 1. The van der Waals surface area contributed by atoms with Crippen molar-refractivity contribution in [3.63, 3.8) is 0 Å². The fourth-order valence-corrected chi connectivity index (χ4v) is 2.62. The molecule has 0 aliphatic heterocycles. The number of aryl methyl sites for hydroxylation is 1. The minimum Gasteiger partial charge on any atom is -0.137 e. The molecule has 1 aromatic rings. The standard InChI is InChI=1S/C8H12S2.C2H6/c1-3-4-7-5-6-10-8(7)9-2;1-2/h5-6H,3-4H2,1-2H3;1-2H3. The van der Waals surface area contributed by atoms with Crippen molar-refractivity contribution in [3.05, 3.63) is 17.0 Å². The lowest BCUT2D eigenvalue weighted by Gasteiger charge is -1.95. The molecule has 0 spiro atoms. The van der Waals surface area contributed by atoms with Crippen molar-refractivity contribution < 1.29 is 0 Å². The first kappa shape index (κ1) is 12.0. The largest absolute Gasteiger partial charge is 0.137 e. The van der Waals surface area contributed by atoms with Gasteiger partial charge in [0.2, 0.25) is 0 Å². The highest BCUT2D eigenvalue weighted by molar-refractivity contribution is 8.00. The highest BCUT2D eigenvalue weighted by Gasteiger charge is 1.99. The van der Waals surface area contributed by atoms with Crippen LogP contribution in [-0.4, -0.2) is 6.26 Å². The van der Waals surface area contributed by atoms with Crippen LogP contribution in [0.1, 0.15) is 32.8 Å². The van der Waals surface area contributed by atoms with Gasteiger partial charge in [-0.05, 0) is 29.7 Å². The lowest BCUT2D eigenvalue weighted by atomic mass is 10.2. The van der Waals surface area contributed by atoms with E-state index in [1.165, 1.54) is 22.6 Å². The van der Waals surface area contributed by atoms with E-state index in [0.717, 1.165) is 0 Å². The molecule has 0 atom stereocenters. The van der Waals surface area contributed by atoms with Crippen LogP contribution < -0.4 is 0 Å². The van der Waals surface area contributed by atoms with Crippen LogP contribution >= 0.6 is 23.1 Å². The number of rotatable bonds is 3. The van der Waals surface area contributed by atoms with Crippen LogP contribution in [0.5, 0.6) is 0 Å². The van der Waals surface area contributed by atoms with E-state index in [9.17, 15) is 0 Å². The van der Waals surface area contributed by atoms with Crippen LogP contribution in [0.15, 0.2) is 15.7 Å². The Kier molecular flexibility index (Phi) is 7.72. The van der Waals surface area contributed by atoms with Gasteiger partial charge >= 0.3 is 0 Å². The fraction of sp³-hybridized carbons (Fsp3) is 0.600. The molecule has 0 saturated carbocycles. The molecule has 0 N–H and O–H groups in total. The van der Waals surface area contributed by atoms with Crippen molar-refractivity contribution in [2.24, 2.45) is 0 Å². The molecule has 0 aromatic carbocycles. The molecule has 1 rings (SSSR count). The van der Waals surface area contributed by atoms with Gasteiger partial charge in [-0.3, -0.25) is 0 Å². The maximum Gasteiger partial charge on any atom is 0.0627 e. The van der Waals surface area contributed by atoms with Gasteiger partial charge in [-0.1, -0.05) is 27.2 Å². The summed E-state index contributed by atoms with van der Waals surface area (Å²) in [5, 5.41) is 2.18. The zero-order valence-electron chi connectivity index (χ0n) is 8.39. The molecule has 0 unspecified atom stereocenters. The summed E-state index contributed by atoms with van der Waals surface area (Å²) < 4.78 is 1.49. The minimum absolute atomic E-state index is 1.24. The van der Waals surface area contributed by atoms with E-state index in [1.54, 1.807) is 0 Å². The summed E-state index contributed by atoms with van der Waals surface area (Å²) in [6.07, 6.45) is 4.63. The average molecular weight is 202 g/mol. The van der Waals surface area contributed by atoms with Crippen molar-refractivity contribution in [2.45, 2.75) is 37.8 Å². The summed E-state index contributed by atoms with van der Waals surface area (Å²) in [5.41, 5.74) is 1.53. The normalized spacial score (nSPS) is 9.00. The van der Waals surface area contributed by atoms with Gasteiger partial charge in [-0.25, -0.2) is 0 Å². The molecular weight excluding hydrogens is 184 g/mol. The van der Waals surface area contributed by atoms with Crippen LogP contribution in [0.3, 0.4) is 0 Å². The van der Waals surface area contributed by atoms with Gasteiger partial charge in [0, 0.05) is 0 Å². The zero-order chi connectivity index (χ0) is 9.40. The second kappa shape index (κ2) is 7.69. The molecule has 0 bridgehead atoms. The van der Waals surface area contributed by atoms with Crippen LogP contribution in [-0.2, 0) is 6.42 Å². The number of hydrogen-bond donors (Lipinski definition) is 0. The number of hydrogen-bond acceptors (Lipinski definition) is 2. The van der Waals surface area contributed by atoms with E-state index in [2.05, 4.69) is 24.6 Å². The van der Waals surface area contributed by atoms with Crippen LogP contribution in [0.4, 0.5) is 0 Å². The SMILES string of the molecule is CC.CCCc1ccsc1SC. The molecule has 0 nitrogen and oxygen atoms in total. The summed E-state index contributed by atoms with van der Waals surface area (Å²) in [7, 11) is 0. The topological polar surface area (TPSA) is 0 Å². The minimum atomic E-state index is 1.24. The Labute approximate surface area is 84.4 Å². The molecule has 2 heteroatoms. The molecule has 0 saturated heterocycles. The zero-order valence-corrected chi connectivity index (χ0v) is 10.0. The maximum absolute atomic E-state index is 2.24. The van der Waals surface area contributed by atoms with E-state index in [0.29, 0.717) is 0 Å². The van der Waals surface area contributed by atoms with Gasteiger partial charge in [0.15, 0.2) is 0 Å². The molecule has 0 amide bonds. The van der Waals surface area contributed by atoms with Gasteiger partial charge in [0.05, 0.1) is 4.21 Å². The lowest BCUT2D eigenvalue weighted by Crippen LogP contribution is -1.78. The maximum atomic E-state index is 2.24. The molecular formula is C10H18S2. The molecule has 1 heterocycles. The summed E-state index contributed by atoms with van der Waals surface area (Å²) in [5.74, 6) is 0. The van der Waals surface area contributed by atoms with Crippen LogP contribution in [0, 0.1) is 0 Å². The van der Waals surface area contributed by atoms with E-state index in [-0.39, 0.29) is 0 Å². The molecule has 0 radical (unpaired) electrons. The Balaban J connectivity index is 0.000000561. The van der Waals surface area contributed by atoms with Crippen molar-refractivity contribution in [1.29, 1.82) is 0 Å². The third kappa shape index (κ3) is 3.63. The van der Waals surface area contributed by atoms with Crippen molar-refractivity contribution in [2.75, 3.05) is 6.26 Å². The number of thioether (sulfide) groups is 1. The first-order valence-corrected chi connectivity index (χ1v) is 6.59. The van der Waals surface area contributed by atoms with Crippen LogP contribution in [0.25, 0.3) is 0 Å². The summed E-state index contributed by atoms with van der Waals surface area (Å²) in [6, 6.07) is 2.24. The smallest absolute Gasteiger partial charge is 0.0627 e. The average Bonchev–Trinajstić information content (AvgIpc) is 2.56. The highest BCUT2D eigenvalue weighted by atomic mass is 32.2. The summed E-state index contributed by atoms with van der Waals surface area (Å²) in [6.45, 7) is 6.22. The first-order valence-electron chi connectivity index (χ1n) is 4.48. The highest BCUT2D eigenvalue weighted by Crippen LogP contribution is 2.27. The molecule has 0 aliphatic rings. The second-order valence-electron chi connectivity index (χ2n) is 2.19. The van der Waals surface area contributed by atoms with Crippen molar-refractivity contribution in [1.82, 2.24) is 0 Å². The Morgan fingerprint density at radius 1 is 1.42 bits per heavy atom. The van der Waals surface area contributed by atoms with Gasteiger partial charge in [-0.15, -0.1) is 23.1 Å². The fourth-order valence-electron chi connectivity index (χ4n) is 0.956. The van der Waals surface area contributed by atoms with Crippen molar-refractivity contribution >= 4 is 23.1 Å².